The van der Waals surface area contributed by atoms with E-state index in [1.54, 1.807) is 25.3 Å². The SMILES string of the molecule is COc1cccc(-c2cc(/C=C/C(=O)N3CCN(c4ccc(O)cc4)CC3)cc3c2OC(C)(C)C=C3)c1. The number of aromatic hydroxyl groups is 1. The molecule has 190 valence electrons. The van der Waals surface area contributed by atoms with Crippen LogP contribution in [0.25, 0.3) is 23.3 Å². The van der Waals surface area contributed by atoms with E-state index in [4.69, 9.17) is 9.47 Å². The quantitative estimate of drug-likeness (QED) is 0.465. The van der Waals surface area contributed by atoms with E-state index in [0.717, 1.165) is 52.5 Å². The molecule has 2 aliphatic heterocycles. The minimum atomic E-state index is -0.407. The van der Waals surface area contributed by atoms with Crippen LogP contribution in [0.1, 0.15) is 25.0 Å². The normalized spacial score (nSPS) is 16.4. The summed E-state index contributed by atoms with van der Waals surface area (Å²) in [6.45, 7) is 6.87. The summed E-state index contributed by atoms with van der Waals surface area (Å²) in [5.74, 6) is 1.86. The lowest BCUT2D eigenvalue weighted by molar-refractivity contribution is -0.126. The van der Waals surface area contributed by atoms with Gasteiger partial charge in [-0.25, -0.2) is 0 Å². The number of phenols is 1. The first-order valence-electron chi connectivity index (χ1n) is 12.5. The number of benzene rings is 3. The van der Waals surface area contributed by atoms with Gasteiger partial charge in [-0.3, -0.25) is 4.79 Å². The molecule has 3 aromatic rings. The third-order valence-corrected chi connectivity index (χ3v) is 6.77. The third kappa shape index (κ3) is 5.48. The van der Waals surface area contributed by atoms with Gasteiger partial charge < -0.3 is 24.4 Å². The van der Waals surface area contributed by atoms with Crippen LogP contribution in [-0.2, 0) is 4.79 Å². The van der Waals surface area contributed by atoms with E-state index in [2.05, 4.69) is 29.2 Å². The molecular formula is C31H32N2O4. The standard InChI is InChI=1S/C31H32N2O4/c1-31(2)14-13-24-19-22(20-28(30(24)37-31)23-5-4-6-27(21-23)36-3)7-12-29(35)33-17-15-32(16-18-33)25-8-10-26(34)11-9-25/h4-14,19-21,34H,15-18H2,1-3H3/b12-7+. The fourth-order valence-corrected chi connectivity index (χ4v) is 4.72. The second-order valence-corrected chi connectivity index (χ2v) is 9.92. The van der Waals surface area contributed by atoms with Crippen molar-refractivity contribution in [2.24, 2.45) is 0 Å². The number of methoxy groups -OCH3 is 1. The molecule has 2 aliphatic rings. The number of carbonyl (C=O) groups excluding carboxylic acids is 1. The summed E-state index contributed by atoms with van der Waals surface area (Å²) in [7, 11) is 1.66. The number of phenolic OH excluding ortho intramolecular Hbond substituents is 1. The molecule has 0 unspecified atom stereocenters. The molecule has 0 spiro atoms. The summed E-state index contributed by atoms with van der Waals surface area (Å²) in [6.07, 6.45) is 7.68. The average Bonchev–Trinajstić information content (AvgIpc) is 2.91. The van der Waals surface area contributed by atoms with Crippen molar-refractivity contribution in [3.8, 4) is 28.4 Å². The van der Waals surface area contributed by atoms with Crippen LogP contribution in [0.4, 0.5) is 5.69 Å². The molecule has 1 saturated heterocycles. The van der Waals surface area contributed by atoms with Crippen LogP contribution < -0.4 is 14.4 Å². The molecule has 37 heavy (non-hydrogen) atoms. The first kappa shape index (κ1) is 24.5. The number of ether oxygens (including phenoxy) is 2. The Kier molecular flexibility index (Phi) is 6.66. The summed E-state index contributed by atoms with van der Waals surface area (Å²) < 4.78 is 11.8. The molecule has 2 heterocycles. The van der Waals surface area contributed by atoms with Crippen molar-refractivity contribution >= 4 is 23.7 Å². The van der Waals surface area contributed by atoms with Crippen LogP contribution >= 0.6 is 0 Å². The van der Waals surface area contributed by atoms with E-state index in [-0.39, 0.29) is 11.7 Å². The highest BCUT2D eigenvalue weighted by molar-refractivity contribution is 5.93. The van der Waals surface area contributed by atoms with Gasteiger partial charge in [0.25, 0.3) is 0 Å². The summed E-state index contributed by atoms with van der Waals surface area (Å²) in [5, 5.41) is 9.52. The molecule has 0 atom stereocenters. The summed E-state index contributed by atoms with van der Waals surface area (Å²) in [6, 6.07) is 19.2. The van der Waals surface area contributed by atoms with Crippen LogP contribution in [0, 0.1) is 0 Å². The van der Waals surface area contributed by atoms with Crippen molar-refractivity contribution in [1.82, 2.24) is 4.90 Å². The molecule has 0 saturated carbocycles. The van der Waals surface area contributed by atoms with Crippen LogP contribution in [0.2, 0.25) is 0 Å². The lowest BCUT2D eigenvalue weighted by Gasteiger charge is -2.35. The zero-order valence-corrected chi connectivity index (χ0v) is 21.5. The van der Waals surface area contributed by atoms with Crippen molar-refractivity contribution < 1.29 is 19.4 Å². The first-order valence-corrected chi connectivity index (χ1v) is 12.5. The van der Waals surface area contributed by atoms with Crippen molar-refractivity contribution in [3.05, 3.63) is 83.9 Å². The molecule has 1 amide bonds. The monoisotopic (exact) mass is 496 g/mol. The number of nitrogens with zero attached hydrogens (tertiary/aromatic N) is 2. The molecule has 6 heteroatoms. The fourth-order valence-electron chi connectivity index (χ4n) is 4.72. The molecule has 0 bridgehead atoms. The van der Waals surface area contributed by atoms with Crippen LogP contribution in [0.5, 0.6) is 17.2 Å². The third-order valence-electron chi connectivity index (χ3n) is 6.77. The Bertz CT molecular complexity index is 1350. The molecule has 0 radical (unpaired) electrons. The van der Waals surface area contributed by atoms with Crippen molar-refractivity contribution in [2.75, 3.05) is 38.2 Å². The van der Waals surface area contributed by atoms with Crippen molar-refractivity contribution in [2.45, 2.75) is 19.4 Å². The highest BCUT2D eigenvalue weighted by Crippen LogP contribution is 2.41. The molecule has 0 aromatic heterocycles. The lowest BCUT2D eigenvalue weighted by Crippen LogP contribution is -2.48. The van der Waals surface area contributed by atoms with E-state index in [1.807, 2.05) is 61.2 Å². The van der Waals surface area contributed by atoms with Gasteiger partial charge in [-0.15, -0.1) is 0 Å². The fraction of sp³-hybridized carbons (Fsp3) is 0.258. The van der Waals surface area contributed by atoms with Gasteiger partial charge in [0.05, 0.1) is 7.11 Å². The Labute approximate surface area is 218 Å². The maximum Gasteiger partial charge on any atom is 0.246 e. The largest absolute Gasteiger partial charge is 0.508 e. The van der Waals surface area contributed by atoms with Gasteiger partial charge >= 0.3 is 0 Å². The molecule has 1 N–H and O–H groups in total. The van der Waals surface area contributed by atoms with E-state index >= 15 is 0 Å². The van der Waals surface area contributed by atoms with Gasteiger partial charge in [0.1, 0.15) is 22.8 Å². The predicted molar refractivity (Wildman–Crippen MR) is 148 cm³/mol. The number of anilines is 1. The Balaban J connectivity index is 1.35. The summed E-state index contributed by atoms with van der Waals surface area (Å²) in [4.78, 5) is 17.1. The highest BCUT2D eigenvalue weighted by atomic mass is 16.5. The Morgan fingerprint density at radius 3 is 2.51 bits per heavy atom. The zero-order valence-electron chi connectivity index (χ0n) is 21.5. The second-order valence-electron chi connectivity index (χ2n) is 9.92. The minimum Gasteiger partial charge on any atom is -0.508 e. The van der Waals surface area contributed by atoms with Crippen LogP contribution in [0.15, 0.2) is 72.8 Å². The molecule has 1 fully saturated rings. The number of fused-ring (bicyclic) bond motifs is 1. The van der Waals surface area contributed by atoms with Crippen molar-refractivity contribution in [1.29, 1.82) is 0 Å². The number of rotatable bonds is 5. The summed E-state index contributed by atoms with van der Waals surface area (Å²) in [5.41, 5.74) is 4.51. The number of piperazine rings is 1. The Morgan fingerprint density at radius 1 is 1.03 bits per heavy atom. The van der Waals surface area contributed by atoms with E-state index < -0.39 is 5.60 Å². The highest BCUT2D eigenvalue weighted by Gasteiger charge is 2.25. The number of hydrogen-bond donors (Lipinski definition) is 1. The predicted octanol–water partition coefficient (Wildman–Crippen LogP) is 5.61. The number of carbonyl (C=O) groups is 1. The first-order chi connectivity index (χ1) is 17.8. The van der Waals surface area contributed by atoms with Gasteiger partial charge in [0, 0.05) is 49.1 Å². The topological polar surface area (TPSA) is 62.2 Å². The zero-order chi connectivity index (χ0) is 26.0. The molecule has 3 aromatic carbocycles. The molecule has 5 rings (SSSR count). The van der Waals surface area contributed by atoms with Crippen LogP contribution in [-0.4, -0.2) is 54.8 Å². The van der Waals surface area contributed by atoms with Gasteiger partial charge in [-0.1, -0.05) is 18.2 Å². The van der Waals surface area contributed by atoms with Gasteiger partial charge in [0.15, 0.2) is 0 Å². The van der Waals surface area contributed by atoms with E-state index in [0.29, 0.717) is 13.1 Å². The Hall–Kier alpha value is -4.19. The summed E-state index contributed by atoms with van der Waals surface area (Å²) >= 11 is 0. The maximum absolute atomic E-state index is 13.0. The maximum atomic E-state index is 13.0. The lowest BCUT2D eigenvalue weighted by atomic mass is 9.94. The number of hydrogen-bond acceptors (Lipinski definition) is 5. The van der Waals surface area contributed by atoms with Gasteiger partial charge in [0.2, 0.25) is 5.91 Å². The molecule has 0 aliphatic carbocycles. The van der Waals surface area contributed by atoms with E-state index in [9.17, 15) is 9.90 Å². The minimum absolute atomic E-state index is 0.000988. The van der Waals surface area contributed by atoms with Gasteiger partial charge in [-0.2, -0.15) is 0 Å². The molecular weight excluding hydrogens is 464 g/mol. The number of amides is 1. The Morgan fingerprint density at radius 2 is 1.78 bits per heavy atom. The average molecular weight is 497 g/mol. The van der Waals surface area contributed by atoms with Gasteiger partial charge in [-0.05, 0) is 85.7 Å². The molecule has 6 nitrogen and oxygen atoms in total. The second kappa shape index (κ2) is 10.1. The van der Waals surface area contributed by atoms with Crippen molar-refractivity contribution in [3.63, 3.8) is 0 Å². The van der Waals surface area contributed by atoms with E-state index in [1.165, 1.54) is 0 Å². The van der Waals surface area contributed by atoms with Crippen LogP contribution in [0.3, 0.4) is 0 Å². The smallest absolute Gasteiger partial charge is 0.246 e.